The van der Waals surface area contributed by atoms with E-state index in [4.69, 9.17) is 26.8 Å². The third-order valence-corrected chi connectivity index (χ3v) is 2.67. The lowest BCUT2D eigenvalue weighted by Crippen LogP contribution is -2.45. The molecule has 0 aromatic heterocycles. The van der Waals surface area contributed by atoms with Gasteiger partial charge in [0.1, 0.15) is 25.7 Å². The highest BCUT2D eigenvalue weighted by Crippen LogP contribution is 2.40. The molecule has 2 unspecified atom stereocenters. The zero-order valence-electron chi connectivity index (χ0n) is 7.86. The number of hydrogen-bond donors (Lipinski definition) is 0. The molecule has 4 atom stereocenters. The maximum atomic E-state index is 5.72. The van der Waals surface area contributed by atoms with Crippen molar-refractivity contribution in [3.8, 4) is 0 Å². The minimum Gasteiger partial charge on any atom is -0.381 e. The normalized spacial score (nSPS) is 48.6. The van der Waals surface area contributed by atoms with Crippen molar-refractivity contribution in [2.45, 2.75) is 23.8 Å². The van der Waals surface area contributed by atoms with Crippen molar-refractivity contribution in [2.24, 2.45) is 0 Å². The van der Waals surface area contributed by atoms with Crippen LogP contribution in [0.2, 0.25) is 0 Å². The zero-order valence-corrected chi connectivity index (χ0v) is 7.86. The lowest BCUT2D eigenvalue weighted by molar-refractivity contribution is -0.144. The first kappa shape index (κ1) is 9.46. The fourth-order valence-corrected chi connectivity index (χ4v) is 2.16. The van der Waals surface area contributed by atoms with Crippen molar-refractivity contribution in [1.29, 1.82) is 0 Å². The Hall–Kier alpha value is -0.0951. The van der Waals surface area contributed by atoms with Crippen molar-refractivity contribution < 1.29 is 18.9 Å². The molecule has 2 heterocycles. The number of fused-ring (bicyclic) bond motifs is 2. The summed E-state index contributed by atoms with van der Waals surface area (Å²) in [7, 11) is 8.98. The maximum Gasteiger partial charge on any atom is 0.143 e. The van der Waals surface area contributed by atoms with Crippen LogP contribution in [-0.4, -0.2) is 59.1 Å². The van der Waals surface area contributed by atoms with Crippen LogP contribution in [0.25, 0.3) is 0 Å². The standard InChI is InChI=1S/C8H13BO4/c1-10-3-8-4-12-5(6(8)11-2)7(9)13-8/h5-7H,3-4H2,1-2H3/t5?,6?,7-,8-/m1/s1. The van der Waals surface area contributed by atoms with E-state index >= 15 is 0 Å². The minimum atomic E-state index is -0.492. The molecule has 0 N–H and O–H groups in total. The first-order chi connectivity index (χ1) is 6.23. The van der Waals surface area contributed by atoms with Crippen LogP contribution in [0.5, 0.6) is 0 Å². The summed E-state index contributed by atoms with van der Waals surface area (Å²) in [5.74, 6) is 0. The molecule has 0 aromatic carbocycles. The van der Waals surface area contributed by atoms with Gasteiger partial charge in [0.25, 0.3) is 0 Å². The Kier molecular flexibility index (Phi) is 2.36. The summed E-state index contributed by atoms with van der Waals surface area (Å²) < 4.78 is 21.5. The molecule has 0 spiro atoms. The first-order valence-corrected chi connectivity index (χ1v) is 4.30. The van der Waals surface area contributed by atoms with Crippen LogP contribution < -0.4 is 0 Å². The van der Waals surface area contributed by atoms with Crippen molar-refractivity contribution in [2.75, 3.05) is 27.4 Å². The van der Waals surface area contributed by atoms with Crippen LogP contribution in [-0.2, 0) is 18.9 Å². The van der Waals surface area contributed by atoms with E-state index in [1.165, 1.54) is 0 Å². The van der Waals surface area contributed by atoms with Crippen molar-refractivity contribution in [3.05, 3.63) is 0 Å². The fourth-order valence-electron chi connectivity index (χ4n) is 2.16. The molecule has 2 rings (SSSR count). The predicted octanol–water partition coefficient (Wildman–Crippen LogP) is -0.690. The molecule has 72 valence electrons. The number of methoxy groups -OCH3 is 2. The Bertz CT molecular complexity index is 201. The van der Waals surface area contributed by atoms with Gasteiger partial charge in [0, 0.05) is 20.2 Å². The summed E-state index contributed by atoms with van der Waals surface area (Å²) in [4.78, 5) is 0. The third-order valence-electron chi connectivity index (χ3n) is 2.67. The van der Waals surface area contributed by atoms with E-state index in [-0.39, 0.29) is 12.2 Å². The predicted molar refractivity (Wildman–Crippen MR) is 45.8 cm³/mol. The van der Waals surface area contributed by atoms with E-state index in [0.717, 1.165) is 0 Å². The summed E-state index contributed by atoms with van der Waals surface area (Å²) in [6.07, 6.45) is -0.261. The van der Waals surface area contributed by atoms with Crippen molar-refractivity contribution in [1.82, 2.24) is 0 Å². The van der Waals surface area contributed by atoms with E-state index in [0.29, 0.717) is 13.2 Å². The molecule has 2 aliphatic rings. The Morgan fingerprint density at radius 2 is 2.31 bits per heavy atom. The van der Waals surface area contributed by atoms with E-state index in [1.54, 1.807) is 14.2 Å². The average molecular weight is 184 g/mol. The van der Waals surface area contributed by atoms with Gasteiger partial charge < -0.3 is 18.9 Å². The molecule has 5 heteroatoms. The monoisotopic (exact) mass is 184 g/mol. The summed E-state index contributed by atoms with van der Waals surface area (Å²) in [6.45, 7) is 0.952. The Labute approximate surface area is 78.9 Å². The largest absolute Gasteiger partial charge is 0.381 e. The third kappa shape index (κ3) is 1.22. The number of ether oxygens (including phenoxy) is 4. The molecule has 0 aromatic rings. The highest BCUT2D eigenvalue weighted by atomic mass is 16.7. The van der Waals surface area contributed by atoms with Gasteiger partial charge >= 0.3 is 0 Å². The zero-order chi connectivity index (χ0) is 9.47. The molecule has 4 nitrogen and oxygen atoms in total. The molecule has 0 aliphatic carbocycles. The highest BCUT2D eigenvalue weighted by Gasteiger charge is 2.60. The highest BCUT2D eigenvalue weighted by molar-refractivity contribution is 6.11. The van der Waals surface area contributed by atoms with Gasteiger partial charge in [-0.05, 0) is 0 Å². The quantitative estimate of drug-likeness (QED) is 0.544. The van der Waals surface area contributed by atoms with E-state index in [9.17, 15) is 0 Å². The van der Waals surface area contributed by atoms with Crippen LogP contribution in [0.15, 0.2) is 0 Å². The number of rotatable bonds is 3. The van der Waals surface area contributed by atoms with Gasteiger partial charge in [-0.1, -0.05) is 0 Å². The minimum absolute atomic E-state index is 0.109. The molecule has 0 saturated carbocycles. The second kappa shape index (κ2) is 3.24. The van der Waals surface area contributed by atoms with Gasteiger partial charge in [-0.2, -0.15) is 0 Å². The summed E-state index contributed by atoms with van der Waals surface area (Å²) >= 11 is 0. The van der Waals surface area contributed by atoms with E-state index in [1.807, 2.05) is 0 Å². The molecule has 13 heavy (non-hydrogen) atoms. The molecule has 2 saturated heterocycles. The SMILES string of the molecule is [B][C@@H]1O[C@]2(COC)COC1C2OC. The van der Waals surface area contributed by atoms with Crippen LogP contribution in [0.4, 0.5) is 0 Å². The first-order valence-electron chi connectivity index (χ1n) is 4.30. The van der Waals surface area contributed by atoms with Gasteiger partial charge in [0.2, 0.25) is 0 Å². The van der Waals surface area contributed by atoms with E-state index in [2.05, 4.69) is 0 Å². The van der Waals surface area contributed by atoms with Gasteiger partial charge in [0.05, 0.1) is 13.2 Å². The van der Waals surface area contributed by atoms with Gasteiger partial charge in [-0.25, -0.2) is 0 Å². The Balaban J connectivity index is 2.17. The molecule has 2 fully saturated rings. The average Bonchev–Trinajstić information content (AvgIpc) is 2.55. The summed E-state index contributed by atoms with van der Waals surface area (Å²) in [5.41, 5.74) is -0.492. The topological polar surface area (TPSA) is 36.9 Å². The summed E-state index contributed by atoms with van der Waals surface area (Å²) in [5, 5.41) is 0. The Morgan fingerprint density at radius 3 is 2.85 bits per heavy atom. The van der Waals surface area contributed by atoms with Crippen LogP contribution in [0.3, 0.4) is 0 Å². The van der Waals surface area contributed by atoms with Crippen molar-refractivity contribution >= 4 is 7.85 Å². The lowest BCUT2D eigenvalue weighted by atomic mass is 9.92. The molecular formula is C8H13BO4. The fraction of sp³-hybridized carbons (Fsp3) is 1.00. The molecular weight excluding hydrogens is 171 g/mol. The van der Waals surface area contributed by atoms with Crippen LogP contribution in [0, 0.1) is 0 Å². The van der Waals surface area contributed by atoms with Gasteiger partial charge in [0.15, 0.2) is 0 Å². The second-order valence-electron chi connectivity index (χ2n) is 3.51. The molecule has 2 aliphatic heterocycles. The van der Waals surface area contributed by atoms with Gasteiger partial charge in [-0.3, -0.25) is 0 Å². The van der Waals surface area contributed by atoms with Crippen LogP contribution >= 0.6 is 0 Å². The second-order valence-corrected chi connectivity index (χ2v) is 3.51. The molecule has 0 amide bonds. The summed E-state index contributed by atoms with van der Waals surface area (Å²) in [6, 6.07) is -0.395. The van der Waals surface area contributed by atoms with Crippen molar-refractivity contribution in [3.63, 3.8) is 0 Å². The Morgan fingerprint density at radius 1 is 1.54 bits per heavy atom. The van der Waals surface area contributed by atoms with E-state index < -0.39 is 11.6 Å². The van der Waals surface area contributed by atoms with Gasteiger partial charge in [-0.15, -0.1) is 0 Å². The molecule has 2 radical (unpaired) electrons. The smallest absolute Gasteiger partial charge is 0.143 e. The molecule has 2 bridgehead atoms. The van der Waals surface area contributed by atoms with Crippen LogP contribution in [0.1, 0.15) is 0 Å². The maximum absolute atomic E-state index is 5.72. The lowest BCUT2D eigenvalue weighted by Gasteiger charge is -2.29. The number of hydrogen-bond acceptors (Lipinski definition) is 4.